The summed E-state index contributed by atoms with van der Waals surface area (Å²) in [6.45, 7) is 0. The van der Waals surface area contributed by atoms with E-state index in [9.17, 15) is 8.78 Å². The zero-order chi connectivity index (χ0) is 13.8. The van der Waals surface area contributed by atoms with Crippen LogP contribution < -0.4 is 5.43 Å². The first-order valence-corrected chi connectivity index (χ1v) is 6.01. The summed E-state index contributed by atoms with van der Waals surface area (Å²) in [5.74, 6) is -1.81. The van der Waals surface area contributed by atoms with Crippen LogP contribution in [0.1, 0.15) is 5.56 Å². The van der Waals surface area contributed by atoms with E-state index in [4.69, 9.17) is 23.2 Å². The topological polar surface area (TPSA) is 24.4 Å². The van der Waals surface area contributed by atoms with Crippen molar-refractivity contribution in [2.45, 2.75) is 0 Å². The summed E-state index contributed by atoms with van der Waals surface area (Å²) < 4.78 is 25.6. The van der Waals surface area contributed by atoms with Crippen LogP contribution in [0.25, 0.3) is 0 Å². The fourth-order valence-electron chi connectivity index (χ4n) is 1.34. The predicted molar refractivity (Wildman–Crippen MR) is 74.0 cm³/mol. The molecule has 0 bridgehead atoms. The van der Waals surface area contributed by atoms with Gasteiger partial charge >= 0.3 is 0 Å². The van der Waals surface area contributed by atoms with Crippen molar-refractivity contribution >= 4 is 35.1 Å². The molecule has 1 N–H and O–H groups in total. The van der Waals surface area contributed by atoms with Gasteiger partial charge in [0, 0.05) is 0 Å². The Balaban J connectivity index is 2.06. The van der Waals surface area contributed by atoms with Crippen LogP contribution in [0.2, 0.25) is 10.0 Å². The SMILES string of the molecule is Fc1ccc(/C=N/Nc2ccc(Cl)c(Cl)c2)cc1F. The largest absolute Gasteiger partial charge is 0.278 e. The van der Waals surface area contributed by atoms with Gasteiger partial charge in [0.05, 0.1) is 21.9 Å². The first kappa shape index (κ1) is 13.8. The van der Waals surface area contributed by atoms with E-state index in [0.717, 1.165) is 12.1 Å². The molecule has 0 unspecified atom stereocenters. The average Bonchev–Trinajstić information content (AvgIpc) is 2.38. The summed E-state index contributed by atoms with van der Waals surface area (Å²) in [6.07, 6.45) is 1.37. The molecule has 2 nitrogen and oxygen atoms in total. The van der Waals surface area contributed by atoms with Crippen LogP contribution in [0, 0.1) is 11.6 Å². The fraction of sp³-hybridized carbons (Fsp3) is 0. The minimum absolute atomic E-state index is 0.398. The van der Waals surface area contributed by atoms with Crippen molar-refractivity contribution in [1.29, 1.82) is 0 Å². The van der Waals surface area contributed by atoms with Crippen molar-refractivity contribution in [3.8, 4) is 0 Å². The summed E-state index contributed by atoms with van der Waals surface area (Å²) in [5.41, 5.74) is 3.77. The highest BCUT2D eigenvalue weighted by atomic mass is 35.5. The van der Waals surface area contributed by atoms with Crippen LogP contribution in [0.3, 0.4) is 0 Å². The number of nitrogens with zero attached hydrogens (tertiary/aromatic N) is 1. The lowest BCUT2D eigenvalue weighted by atomic mass is 10.2. The molecular formula is C13H8Cl2F2N2. The Kier molecular flexibility index (Phi) is 4.35. The van der Waals surface area contributed by atoms with Gasteiger partial charge in [-0.05, 0) is 35.9 Å². The molecule has 0 radical (unpaired) electrons. The number of anilines is 1. The van der Waals surface area contributed by atoms with Crippen LogP contribution in [-0.2, 0) is 0 Å². The fourth-order valence-corrected chi connectivity index (χ4v) is 1.64. The van der Waals surface area contributed by atoms with Crippen LogP contribution in [0.4, 0.5) is 14.5 Å². The smallest absolute Gasteiger partial charge is 0.159 e. The van der Waals surface area contributed by atoms with Gasteiger partial charge in [-0.3, -0.25) is 5.43 Å². The Morgan fingerprint density at radius 2 is 1.74 bits per heavy atom. The maximum absolute atomic E-state index is 12.9. The first-order valence-electron chi connectivity index (χ1n) is 5.25. The minimum Gasteiger partial charge on any atom is -0.278 e. The predicted octanol–water partition coefficient (Wildman–Crippen LogP) is 4.72. The van der Waals surface area contributed by atoms with Crippen LogP contribution in [0.15, 0.2) is 41.5 Å². The van der Waals surface area contributed by atoms with Crippen molar-refractivity contribution in [3.63, 3.8) is 0 Å². The summed E-state index contributed by atoms with van der Waals surface area (Å²) in [6, 6.07) is 8.42. The van der Waals surface area contributed by atoms with Crippen molar-refractivity contribution in [2.24, 2.45) is 5.10 Å². The van der Waals surface area contributed by atoms with Gasteiger partial charge in [-0.2, -0.15) is 5.10 Å². The third-order valence-electron chi connectivity index (χ3n) is 2.27. The highest BCUT2D eigenvalue weighted by Crippen LogP contribution is 2.24. The molecule has 0 saturated carbocycles. The van der Waals surface area contributed by atoms with E-state index < -0.39 is 11.6 Å². The molecule has 19 heavy (non-hydrogen) atoms. The quantitative estimate of drug-likeness (QED) is 0.644. The number of halogens is 4. The van der Waals surface area contributed by atoms with Crippen molar-refractivity contribution in [2.75, 3.05) is 5.43 Å². The first-order chi connectivity index (χ1) is 9.06. The highest BCUT2D eigenvalue weighted by molar-refractivity contribution is 6.42. The van der Waals surface area contributed by atoms with E-state index in [1.807, 2.05) is 0 Å². The standard InChI is InChI=1S/C13H8Cl2F2N2/c14-10-3-2-9(6-11(10)15)19-18-7-8-1-4-12(16)13(17)5-8/h1-7,19H/b18-7+. The average molecular weight is 301 g/mol. The molecule has 0 aliphatic rings. The monoisotopic (exact) mass is 300 g/mol. The Bertz CT molecular complexity index is 630. The second-order valence-electron chi connectivity index (χ2n) is 3.67. The lowest BCUT2D eigenvalue weighted by molar-refractivity contribution is 0.508. The van der Waals surface area contributed by atoms with Gasteiger partial charge in [0.15, 0.2) is 11.6 Å². The zero-order valence-electron chi connectivity index (χ0n) is 9.50. The minimum atomic E-state index is -0.918. The van der Waals surface area contributed by atoms with Gasteiger partial charge < -0.3 is 0 Å². The summed E-state index contributed by atoms with van der Waals surface area (Å²) >= 11 is 11.6. The molecule has 0 spiro atoms. The summed E-state index contributed by atoms with van der Waals surface area (Å²) in [7, 11) is 0. The van der Waals surface area contributed by atoms with Crippen molar-refractivity contribution in [1.82, 2.24) is 0 Å². The zero-order valence-corrected chi connectivity index (χ0v) is 11.0. The van der Waals surface area contributed by atoms with Crippen LogP contribution >= 0.6 is 23.2 Å². The molecular weight excluding hydrogens is 293 g/mol. The second kappa shape index (κ2) is 5.99. The molecule has 0 heterocycles. The third kappa shape index (κ3) is 3.66. The van der Waals surface area contributed by atoms with E-state index in [0.29, 0.717) is 21.3 Å². The summed E-state index contributed by atoms with van der Waals surface area (Å²) in [4.78, 5) is 0. The lowest BCUT2D eigenvalue weighted by Crippen LogP contribution is -1.92. The maximum Gasteiger partial charge on any atom is 0.159 e. The van der Waals surface area contributed by atoms with Crippen molar-refractivity contribution < 1.29 is 8.78 Å². The van der Waals surface area contributed by atoms with Crippen LogP contribution in [0.5, 0.6) is 0 Å². The normalized spacial score (nSPS) is 10.9. The van der Waals surface area contributed by atoms with Gasteiger partial charge in [-0.15, -0.1) is 0 Å². The number of hydrogen-bond acceptors (Lipinski definition) is 2. The molecule has 0 aromatic heterocycles. The molecule has 0 aliphatic heterocycles. The molecule has 0 fully saturated rings. The number of hydrogen-bond donors (Lipinski definition) is 1. The molecule has 0 atom stereocenters. The molecule has 2 aromatic carbocycles. The van der Waals surface area contributed by atoms with E-state index >= 15 is 0 Å². The van der Waals surface area contributed by atoms with Gasteiger partial charge in [0.1, 0.15) is 0 Å². The lowest BCUT2D eigenvalue weighted by Gasteiger charge is -2.02. The highest BCUT2D eigenvalue weighted by Gasteiger charge is 2.01. The van der Waals surface area contributed by atoms with Gasteiger partial charge in [0.25, 0.3) is 0 Å². The number of hydrazone groups is 1. The Morgan fingerprint density at radius 3 is 2.42 bits per heavy atom. The van der Waals surface area contributed by atoms with E-state index in [2.05, 4.69) is 10.5 Å². The van der Waals surface area contributed by atoms with Gasteiger partial charge in [-0.1, -0.05) is 29.3 Å². The van der Waals surface area contributed by atoms with Crippen molar-refractivity contribution in [3.05, 3.63) is 63.6 Å². The number of rotatable bonds is 3. The van der Waals surface area contributed by atoms with Crippen LogP contribution in [-0.4, -0.2) is 6.21 Å². The molecule has 2 aromatic rings. The maximum atomic E-state index is 12.9. The van der Waals surface area contributed by atoms with E-state index in [1.165, 1.54) is 12.3 Å². The van der Waals surface area contributed by atoms with Gasteiger partial charge in [0.2, 0.25) is 0 Å². The molecule has 0 aliphatic carbocycles. The number of benzene rings is 2. The Hall–Kier alpha value is -1.65. The second-order valence-corrected chi connectivity index (χ2v) is 4.49. The Morgan fingerprint density at radius 1 is 0.947 bits per heavy atom. The van der Waals surface area contributed by atoms with Gasteiger partial charge in [-0.25, -0.2) is 8.78 Å². The molecule has 0 saturated heterocycles. The summed E-state index contributed by atoms with van der Waals surface area (Å²) in [5, 5.41) is 4.73. The van der Waals surface area contributed by atoms with E-state index in [1.54, 1.807) is 18.2 Å². The molecule has 6 heteroatoms. The van der Waals surface area contributed by atoms with E-state index in [-0.39, 0.29) is 0 Å². The molecule has 0 amide bonds. The number of nitrogens with one attached hydrogen (secondary N) is 1. The third-order valence-corrected chi connectivity index (χ3v) is 3.01. The molecule has 2 rings (SSSR count). The Labute approximate surface area is 118 Å². The molecule has 98 valence electrons.